The Morgan fingerprint density at radius 1 is 1.24 bits per heavy atom. The van der Waals surface area contributed by atoms with Gasteiger partial charge in [-0.2, -0.15) is 0 Å². The predicted molar refractivity (Wildman–Crippen MR) is 66.6 cm³/mol. The minimum atomic E-state index is 0.348. The summed E-state index contributed by atoms with van der Waals surface area (Å²) in [5, 5.41) is 4.23. The van der Waals surface area contributed by atoms with Gasteiger partial charge >= 0.3 is 0 Å². The quantitative estimate of drug-likeness (QED) is 0.835. The summed E-state index contributed by atoms with van der Waals surface area (Å²) < 4.78 is 10.9. The lowest BCUT2D eigenvalue weighted by atomic mass is 9.86. The van der Waals surface area contributed by atoms with E-state index in [1.807, 2.05) is 12.1 Å². The molecule has 1 N–H and O–H groups in total. The summed E-state index contributed by atoms with van der Waals surface area (Å²) in [5.41, 5.74) is 2.39. The van der Waals surface area contributed by atoms with Crippen LogP contribution in [0.15, 0.2) is 12.1 Å². The van der Waals surface area contributed by atoms with Crippen LogP contribution < -0.4 is 10.1 Å². The number of fused-ring (bicyclic) bond motifs is 1. The van der Waals surface area contributed by atoms with E-state index in [1.54, 1.807) is 0 Å². The Kier molecular flexibility index (Phi) is 3.23. The van der Waals surface area contributed by atoms with E-state index in [-0.39, 0.29) is 0 Å². The molecule has 0 spiro atoms. The molecule has 3 nitrogen and oxygen atoms in total. The van der Waals surface area contributed by atoms with Gasteiger partial charge in [0.25, 0.3) is 0 Å². The second-order valence-electron chi connectivity index (χ2n) is 4.57. The SMILES string of the molecule is Clc1ccc2c(c1C1CCNCC1)COCO2. The Morgan fingerprint density at radius 2 is 2.06 bits per heavy atom. The summed E-state index contributed by atoms with van der Waals surface area (Å²) in [6.07, 6.45) is 2.27. The number of piperidine rings is 1. The third-order valence-corrected chi connectivity index (χ3v) is 3.88. The Hall–Kier alpha value is -0.770. The van der Waals surface area contributed by atoms with Crippen LogP contribution in [0.25, 0.3) is 0 Å². The number of nitrogens with one attached hydrogen (secondary N) is 1. The molecule has 4 heteroatoms. The van der Waals surface area contributed by atoms with Gasteiger partial charge in [-0.1, -0.05) is 11.6 Å². The van der Waals surface area contributed by atoms with Gasteiger partial charge in [0.15, 0.2) is 6.79 Å². The average molecular weight is 254 g/mol. The summed E-state index contributed by atoms with van der Waals surface area (Å²) in [7, 11) is 0. The molecule has 0 saturated carbocycles. The smallest absolute Gasteiger partial charge is 0.189 e. The predicted octanol–water partition coefficient (Wildman–Crippen LogP) is 2.67. The van der Waals surface area contributed by atoms with Crippen molar-refractivity contribution in [3.63, 3.8) is 0 Å². The van der Waals surface area contributed by atoms with Crippen LogP contribution in [-0.4, -0.2) is 19.9 Å². The molecule has 2 heterocycles. The minimum Gasteiger partial charge on any atom is -0.467 e. The molecule has 3 rings (SSSR count). The Balaban J connectivity index is 2.01. The maximum absolute atomic E-state index is 6.36. The van der Waals surface area contributed by atoms with Crippen LogP contribution in [0.5, 0.6) is 5.75 Å². The lowest BCUT2D eigenvalue weighted by Crippen LogP contribution is -2.27. The molecular weight excluding hydrogens is 238 g/mol. The van der Waals surface area contributed by atoms with E-state index in [0.717, 1.165) is 42.3 Å². The lowest BCUT2D eigenvalue weighted by Gasteiger charge is -2.28. The van der Waals surface area contributed by atoms with Crippen LogP contribution >= 0.6 is 11.6 Å². The van der Waals surface area contributed by atoms with Crippen LogP contribution in [0.2, 0.25) is 5.02 Å². The second kappa shape index (κ2) is 4.84. The molecule has 1 fully saturated rings. The van der Waals surface area contributed by atoms with Crippen molar-refractivity contribution in [1.82, 2.24) is 5.32 Å². The third-order valence-electron chi connectivity index (χ3n) is 3.55. The fourth-order valence-corrected chi connectivity index (χ4v) is 3.03. The molecule has 0 atom stereocenters. The maximum atomic E-state index is 6.36. The van der Waals surface area contributed by atoms with Crippen molar-refractivity contribution in [2.75, 3.05) is 19.9 Å². The number of hydrogen-bond donors (Lipinski definition) is 1. The summed E-state index contributed by atoms with van der Waals surface area (Å²) in [6.45, 7) is 3.09. The Bertz CT molecular complexity index is 416. The van der Waals surface area contributed by atoms with Gasteiger partial charge in [0.2, 0.25) is 0 Å². The van der Waals surface area contributed by atoms with E-state index in [2.05, 4.69) is 5.32 Å². The van der Waals surface area contributed by atoms with Gasteiger partial charge in [-0.25, -0.2) is 0 Å². The minimum absolute atomic E-state index is 0.348. The van der Waals surface area contributed by atoms with Crippen molar-refractivity contribution in [3.05, 3.63) is 28.3 Å². The number of benzene rings is 1. The van der Waals surface area contributed by atoms with Crippen molar-refractivity contribution in [2.45, 2.75) is 25.4 Å². The normalized spacial score (nSPS) is 20.8. The highest BCUT2D eigenvalue weighted by molar-refractivity contribution is 6.31. The van der Waals surface area contributed by atoms with E-state index in [9.17, 15) is 0 Å². The second-order valence-corrected chi connectivity index (χ2v) is 4.98. The molecule has 0 unspecified atom stereocenters. The highest BCUT2D eigenvalue weighted by Gasteiger charge is 2.25. The molecule has 0 amide bonds. The molecule has 0 radical (unpaired) electrons. The largest absolute Gasteiger partial charge is 0.467 e. The van der Waals surface area contributed by atoms with Gasteiger partial charge < -0.3 is 14.8 Å². The fourth-order valence-electron chi connectivity index (χ4n) is 2.70. The van der Waals surface area contributed by atoms with Gasteiger partial charge in [0, 0.05) is 10.6 Å². The zero-order valence-electron chi connectivity index (χ0n) is 9.67. The first-order valence-corrected chi connectivity index (χ1v) is 6.46. The molecule has 1 saturated heterocycles. The molecule has 0 aliphatic carbocycles. The number of hydrogen-bond acceptors (Lipinski definition) is 3. The van der Waals surface area contributed by atoms with E-state index in [4.69, 9.17) is 21.1 Å². The van der Waals surface area contributed by atoms with Crippen LogP contribution in [0.1, 0.15) is 29.9 Å². The van der Waals surface area contributed by atoms with Crippen LogP contribution in [-0.2, 0) is 11.3 Å². The summed E-state index contributed by atoms with van der Waals surface area (Å²) in [5.74, 6) is 1.47. The number of rotatable bonds is 1. The lowest BCUT2D eigenvalue weighted by molar-refractivity contribution is -0.0170. The van der Waals surface area contributed by atoms with E-state index in [1.165, 1.54) is 5.56 Å². The highest BCUT2D eigenvalue weighted by atomic mass is 35.5. The van der Waals surface area contributed by atoms with Gasteiger partial charge in [-0.3, -0.25) is 0 Å². The zero-order chi connectivity index (χ0) is 11.7. The maximum Gasteiger partial charge on any atom is 0.189 e. The summed E-state index contributed by atoms with van der Waals surface area (Å²) in [4.78, 5) is 0. The molecule has 1 aromatic rings. The molecule has 1 aromatic carbocycles. The zero-order valence-corrected chi connectivity index (χ0v) is 10.4. The van der Waals surface area contributed by atoms with E-state index < -0.39 is 0 Å². The van der Waals surface area contributed by atoms with Crippen LogP contribution in [0, 0.1) is 0 Å². The van der Waals surface area contributed by atoms with Crippen molar-refractivity contribution < 1.29 is 9.47 Å². The average Bonchev–Trinajstić information content (AvgIpc) is 2.39. The van der Waals surface area contributed by atoms with E-state index in [0.29, 0.717) is 19.3 Å². The van der Waals surface area contributed by atoms with Crippen LogP contribution in [0.4, 0.5) is 0 Å². The van der Waals surface area contributed by atoms with Gasteiger partial charge in [0.05, 0.1) is 6.61 Å². The Morgan fingerprint density at radius 3 is 2.88 bits per heavy atom. The van der Waals surface area contributed by atoms with E-state index >= 15 is 0 Å². The fraction of sp³-hybridized carbons (Fsp3) is 0.538. The highest BCUT2D eigenvalue weighted by Crippen LogP contribution is 2.39. The van der Waals surface area contributed by atoms with Crippen molar-refractivity contribution >= 4 is 11.6 Å². The first-order valence-electron chi connectivity index (χ1n) is 6.09. The molecule has 0 aromatic heterocycles. The third kappa shape index (κ3) is 2.15. The molecule has 0 bridgehead atoms. The van der Waals surface area contributed by atoms with Crippen molar-refractivity contribution in [2.24, 2.45) is 0 Å². The molecule has 17 heavy (non-hydrogen) atoms. The van der Waals surface area contributed by atoms with Crippen molar-refractivity contribution in [1.29, 1.82) is 0 Å². The molecular formula is C13H16ClNO2. The molecule has 2 aliphatic rings. The molecule has 2 aliphatic heterocycles. The van der Waals surface area contributed by atoms with Gasteiger partial charge in [-0.15, -0.1) is 0 Å². The summed E-state index contributed by atoms with van der Waals surface area (Å²) >= 11 is 6.36. The molecule has 92 valence electrons. The topological polar surface area (TPSA) is 30.5 Å². The van der Waals surface area contributed by atoms with Crippen molar-refractivity contribution in [3.8, 4) is 5.75 Å². The first kappa shape index (κ1) is 11.3. The number of ether oxygens (including phenoxy) is 2. The van der Waals surface area contributed by atoms with Crippen LogP contribution in [0.3, 0.4) is 0 Å². The number of halogens is 1. The van der Waals surface area contributed by atoms with Gasteiger partial charge in [-0.05, 0) is 49.5 Å². The standard InChI is InChI=1S/C13H16ClNO2/c14-11-1-2-12-10(7-16-8-17-12)13(11)9-3-5-15-6-4-9/h1-2,9,15H,3-8H2. The summed E-state index contributed by atoms with van der Waals surface area (Å²) in [6, 6.07) is 3.90. The first-order chi connectivity index (χ1) is 8.36. The van der Waals surface area contributed by atoms with Gasteiger partial charge in [0.1, 0.15) is 5.75 Å². The monoisotopic (exact) mass is 253 g/mol. The Labute approximate surface area is 106 Å².